The van der Waals surface area contributed by atoms with Crippen LogP contribution < -0.4 is 27.4 Å². The van der Waals surface area contributed by atoms with Crippen LogP contribution in [0.15, 0.2) is 24.5 Å². The van der Waals surface area contributed by atoms with Gasteiger partial charge in [0.25, 0.3) is 0 Å². The van der Waals surface area contributed by atoms with Crippen molar-refractivity contribution in [3.8, 4) is 0 Å². The van der Waals surface area contributed by atoms with Gasteiger partial charge < -0.3 is 32.3 Å². The molecular weight excluding hydrogens is 546 g/mol. The van der Waals surface area contributed by atoms with Crippen molar-refractivity contribution in [2.75, 3.05) is 19.6 Å². The number of hydrogen-bond acceptors (Lipinski definition) is 8. The molecule has 1 radical (unpaired) electrons. The molecule has 0 unspecified atom stereocenters. The van der Waals surface area contributed by atoms with Gasteiger partial charge in [-0.05, 0) is 82.0 Å². The van der Waals surface area contributed by atoms with Gasteiger partial charge in [0.15, 0.2) is 0 Å². The summed E-state index contributed by atoms with van der Waals surface area (Å²) in [5.74, 6) is -1.02. The van der Waals surface area contributed by atoms with Gasteiger partial charge in [0.1, 0.15) is 17.6 Å². The molecule has 1 fully saturated rings. The lowest BCUT2D eigenvalue weighted by atomic mass is 9.89. The number of aromatic nitrogens is 1. The third-order valence-electron chi connectivity index (χ3n) is 7.90. The van der Waals surface area contributed by atoms with Gasteiger partial charge in [-0.1, -0.05) is 40.2 Å². The molecule has 241 valence electrons. The van der Waals surface area contributed by atoms with Crippen molar-refractivity contribution in [2.45, 2.75) is 122 Å². The lowest BCUT2D eigenvalue weighted by Gasteiger charge is -2.36. The Hall–Kier alpha value is -2.89. The van der Waals surface area contributed by atoms with Crippen LogP contribution in [0.4, 0.5) is 0 Å². The fourth-order valence-electron chi connectivity index (χ4n) is 5.57. The van der Waals surface area contributed by atoms with Crippen molar-refractivity contribution < 1.29 is 19.2 Å². The molecule has 4 atom stereocenters. The Morgan fingerprint density at radius 2 is 1.77 bits per heavy atom. The van der Waals surface area contributed by atoms with E-state index in [1.54, 1.807) is 23.4 Å². The molecular formula is C32H54N7O4. The van der Waals surface area contributed by atoms with Crippen LogP contribution in [0.25, 0.3) is 0 Å². The second-order valence-electron chi connectivity index (χ2n) is 12.5. The van der Waals surface area contributed by atoms with E-state index in [0.717, 1.165) is 31.4 Å². The van der Waals surface area contributed by atoms with E-state index in [9.17, 15) is 19.2 Å². The van der Waals surface area contributed by atoms with Crippen molar-refractivity contribution >= 4 is 24.0 Å². The van der Waals surface area contributed by atoms with Crippen LogP contribution in [-0.4, -0.2) is 83.2 Å². The molecule has 1 aliphatic rings. The number of nitrogens with two attached hydrogens (primary N) is 2. The van der Waals surface area contributed by atoms with E-state index in [1.807, 2.05) is 19.9 Å². The molecule has 1 aromatic heterocycles. The van der Waals surface area contributed by atoms with Gasteiger partial charge >= 0.3 is 0 Å². The van der Waals surface area contributed by atoms with E-state index in [4.69, 9.17) is 11.5 Å². The topological polar surface area (TPSA) is 173 Å². The number of carbonyl (C=O) groups excluding carboxylic acids is 4. The van der Waals surface area contributed by atoms with E-state index in [-0.39, 0.29) is 11.8 Å². The Kier molecular flexibility index (Phi) is 15.8. The Labute approximate surface area is 257 Å². The molecule has 1 aromatic rings. The van der Waals surface area contributed by atoms with Gasteiger partial charge in [-0.3, -0.25) is 24.2 Å². The molecule has 1 aliphatic heterocycles. The number of hydrogen-bond donors (Lipinski definition) is 5. The van der Waals surface area contributed by atoms with Crippen LogP contribution in [-0.2, 0) is 25.6 Å². The van der Waals surface area contributed by atoms with E-state index in [1.165, 1.54) is 0 Å². The lowest BCUT2D eigenvalue weighted by molar-refractivity contribution is -0.139. The minimum absolute atomic E-state index is 0.108. The summed E-state index contributed by atoms with van der Waals surface area (Å²) < 4.78 is 0. The zero-order valence-electron chi connectivity index (χ0n) is 26.6. The standard InChI is InChI=1S/C32H54N7O4/c1-23(2)19-28(38-29(41)26(34)12-5-7-15-33)30(42)37-27(13-6-8-17-36-24(3)4)31(43)39-18-10-14-32(39,22-40)20-25-11-9-16-35-21-25/h9,11,16,21,23-24,26-28,36H,5-8,10,12-15,17-20,33-34H2,1-4H3,(H,37,42)(H,38,41)/t26-,27-,28-,32+/m0/s1. The summed E-state index contributed by atoms with van der Waals surface area (Å²) in [7, 11) is 0. The number of likely N-dealkylation sites (tertiary alicyclic amines) is 1. The highest BCUT2D eigenvalue weighted by molar-refractivity contribution is 5.94. The zero-order chi connectivity index (χ0) is 31.8. The van der Waals surface area contributed by atoms with Gasteiger partial charge in [0.05, 0.1) is 6.04 Å². The first-order valence-electron chi connectivity index (χ1n) is 15.9. The van der Waals surface area contributed by atoms with E-state index >= 15 is 0 Å². The average Bonchev–Trinajstić information content (AvgIpc) is 3.39. The highest BCUT2D eigenvalue weighted by Gasteiger charge is 2.46. The molecule has 0 aliphatic carbocycles. The van der Waals surface area contributed by atoms with Crippen molar-refractivity contribution in [1.82, 2.24) is 25.8 Å². The van der Waals surface area contributed by atoms with Crippen LogP contribution in [0.2, 0.25) is 0 Å². The van der Waals surface area contributed by atoms with Crippen LogP contribution in [0.3, 0.4) is 0 Å². The molecule has 0 saturated carbocycles. The summed E-state index contributed by atoms with van der Waals surface area (Å²) in [4.78, 5) is 58.9. The van der Waals surface area contributed by atoms with Crippen LogP contribution in [0.5, 0.6) is 0 Å². The average molecular weight is 601 g/mol. The molecule has 2 heterocycles. The van der Waals surface area contributed by atoms with Gasteiger partial charge in [-0.15, -0.1) is 0 Å². The number of unbranched alkanes of at least 4 members (excludes halogenated alkanes) is 2. The Morgan fingerprint density at radius 1 is 1.05 bits per heavy atom. The molecule has 3 amide bonds. The number of pyridine rings is 1. The number of rotatable bonds is 20. The summed E-state index contributed by atoms with van der Waals surface area (Å²) in [6.07, 6.45) is 11.3. The maximum absolute atomic E-state index is 14.1. The monoisotopic (exact) mass is 600 g/mol. The summed E-state index contributed by atoms with van der Waals surface area (Å²) in [5, 5.41) is 9.16. The Balaban J connectivity index is 2.24. The minimum Gasteiger partial charge on any atom is -0.343 e. The van der Waals surface area contributed by atoms with Crippen LogP contribution >= 0.6 is 0 Å². The lowest BCUT2D eigenvalue weighted by Crippen LogP contribution is -2.59. The number of nitrogens with zero attached hydrogens (tertiary/aromatic N) is 2. The molecule has 43 heavy (non-hydrogen) atoms. The van der Waals surface area contributed by atoms with Gasteiger partial charge in [-0.2, -0.15) is 0 Å². The normalized spacial score (nSPS) is 18.8. The SMILES string of the molecule is CC(C)C[C@H](NC(=O)[C@@H](N)CCCCN)C(=O)N[C@@H](CCCCNC(C)C)C(=O)N1CCC[C@]1([C]=O)Cc1cccnc1. The first-order valence-corrected chi connectivity index (χ1v) is 15.9. The summed E-state index contributed by atoms with van der Waals surface area (Å²) in [6, 6.07) is 1.59. The molecule has 11 heteroatoms. The third kappa shape index (κ3) is 12.0. The van der Waals surface area contributed by atoms with E-state index in [2.05, 4.69) is 41.1 Å². The number of carbonyl (C=O) groups is 3. The second kappa shape index (κ2) is 18.7. The highest BCUT2D eigenvalue weighted by Crippen LogP contribution is 2.32. The molecule has 0 aromatic carbocycles. The maximum Gasteiger partial charge on any atom is 0.246 e. The summed E-state index contributed by atoms with van der Waals surface area (Å²) in [5.41, 5.74) is 11.4. The molecule has 11 nitrogen and oxygen atoms in total. The maximum atomic E-state index is 14.1. The highest BCUT2D eigenvalue weighted by atomic mass is 16.2. The fraction of sp³-hybridized carbons (Fsp3) is 0.719. The van der Waals surface area contributed by atoms with Gasteiger partial charge in [0.2, 0.25) is 24.0 Å². The molecule has 2 rings (SSSR count). The summed E-state index contributed by atoms with van der Waals surface area (Å²) >= 11 is 0. The van der Waals surface area contributed by atoms with Crippen LogP contribution in [0, 0.1) is 5.92 Å². The predicted molar refractivity (Wildman–Crippen MR) is 168 cm³/mol. The first kappa shape index (κ1) is 36.3. The van der Waals surface area contributed by atoms with Crippen molar-refractivity contribution in [3.05, 3.63) is 30.1 Å². The predicted octanol–water partition coefficient (Wildman–Crippen LogP) is 1.74. The summed E-state index contributed by atoms with van der Waals surface area (Å²) in [6.45, 7) is 9.80. The Bertz CT molecular complexity index is 1010. The van der Waals surface area contributed by atoms with Crippen molar-refractivity contribution in [3.63, 3.8) is 0 Å². The van der Waals surface area contributed by atoms with Gasteiger partial charge in [-0.25, -0.2) is 0 Å². The smallest absolute Gasteiger partial charge is 0.246 e. The zero-order valence-corrected chi connectivity index (χ0v) is 26.6. The third-order valence-corrected chi connectivity index (χ3v) is 7.90. The number of amides is 3. The first-order chi connectivity index (χ1) is 20.5. The van der Waals surface area contributed by atoms with E-state index < -0.39 is 35.5 Å². The number of nitrogens with one attached hydrogen (secondary N) is 3. The molecule has 0 spiro atoms. The second-order valence-corrected chi connectivity index (χ2v) is 12.5. The molecule has 7 N–H and O–H groups in total. The minimum atomic E-state index is -1.12. The van der Waals surface area contributed by atoms with Gasteiger partial charge in [0, 0.05) is 31.4 Å². The molecule has 1 saturated heterocycles. The van der Waals surface area contributed by atoms with Crippen LogP contribution in [0.1, 0.15) is 91.0 Å². The largest absolute Gasteiger partial charge is 0.343 e. The van der Waals surface area contributed by atoms with Crippen molar-refractivity contribution in [1.29, 1.82) is 0 Å². The Morgan fingerprint density at radius 3 is 2.40 bits per heavy atom. The fourth-order valence-corrected chi connectivity index (χ4v) is 5.57. The van der Waals surface area contributed by atoms with E-state index in [0.29, 0.717) is 64.1 Å². The van der Waals surface area contributed by atoms with Crippen molar-refractivity contribution in [2.24, 2.45) is 17.4 Å². The quantitative estimate of drug-likeness (QED) is 0.141. The molecule has 0 bridgehead atoms.